The zero-order chi connectivity index (χ0) is 13.9. The van der Waals surface area contributed by atoms with E-state index in [1.807, 2.05) is 0 Å². The van der Waals surface area contributed by atoms with Crippen molar-refractivity contribution in [1.82, 2.24) is 5.32 Å². The van der Waals surface area contributed by atoms with Gasteiger partial charge in [0.2, 0.25) is 9.70 Å². The molecule has 8 heteroatoms. The number of hydrogen-bond donors (Lipinski definition) is 2. The van der Waals surface area contributed by atoms with E-state index in [0.29, 0.717) is 10.7 Å². The zero-order valence-electron chi connectivity index (χ0n) is 9.11. The third-order valence-electron chi connectivity index (χ3n) is 1.93. The van der Waals surface area contributed by atoms with Crippen LogP contribution < -0.4 is 10.6 Å². The Labute approximate surface area is 130 Å². The highest BCUT2D eigenvalue weighted by Gasteiger charge is 2.33. The smallest absolute Gasteiger partial charge is 0.228 e. The molecule has 1 unspecified atom stereocenters. The SMILES string of the molecule is CC(=O)NC(Nc1cccc(Cl)c1Cl)C(Cl)(Cl)Cl. The Kier molecular flexibility index (Phi) is 5.68. The lowest BCUT2D eigenvalue weighted by Gasteiger charge is -2.27. The van der Waals surface area contributed by atoms with Crippen LogP contribution in [0, 0.1) is 0 Å². The molecule has 0 aliphatic carbocycles. The molecule has 0 fully saturated rings. The van der Waals surface area contributed by atoms with Gasteiger partial charge in [0.05, 0.1) is 15.7 Å². The van der Waals surface area contributed by atoms with Crippen LogP contribution in [0.25, 0.3) is 0 Å². The largest absolute Gasteiger partial charge is 0.361 e. The van der Waals surface area contributed by atoms with Crippen LogP contribution in [-0.2, 0) is 4.79 Å². The van der Waals surface area contributed by atoms with Crippen LogP contribution in [0.3, 0.4) is 0 Å². The molecule has 1 amide bonds. The quantitative estimate of drug-likeness (QED) is 0.632. The Morgan fingerprint density at radius 2 is 1.89 bits per heavy atom. The molecule has 1 atom stereocenters. The fourth-order valence-electron chi connectivity index (χ4n) is 1.17. The minimum Gasteiger partial charge on any atom is -0.361 e. The lowest BCUT2D eigenvalue weighted by Crippen LogP contribution is -2.48. The van der Waals surface area contributed by atoms with Crippen molar-refractivity contribution in [3.8, 4) is 0 Å². The normalized spacial score (nSPS) is 13.0. The summed E-state index contributed by atoms with van der Waals surface area (Å²) in [5.74, 6) is -0.350. The molecule has 0 spiro atoms. The Morgan fingerprint density at radius 3 is 2.39 bits per heavy atom. The molecular formula is C10H9Cl5N2O. The molecule has 2 N–H and O–H groups in total. The molecule has 1 aromatic carbocycles. The predicted octanol–water partition coefficient (Wildman–Crippen LogP) is 4.24. The van der Waals surface area contributed by atoms with E-state index in [2.05, 4.69) is 10.6 Å². The third kappa shape index (κ3) is 4.56. The number of nitrogens with one attached hydrogen (secondary N) is 2. The van der Waals surface area contributed by atoms with Crippen LogP contribution in [0.1, 0.15) is 6.92 Å². The number of amides is 1. The van der Waals surface area contributed by atoms with Gasteiger partial charge in [0.25, 0.3) is 0 Å². The third-order valence-corrected chi connectivity index (χ3v) is 3.40. The molecular weight excluding hydrogens is 341 g/mol. The monoisotopic (exact) mass is 348 g/mol. The average molecular weight is 350 g/mol. The van der Waals surface area contributed by atoms with Gasteiger partial charge in [0.1, 0.15) is 6.17 Å². The summed E-state index contributed by atoms with van der Waals surface area (Å²) in [7, 11) is 0. The molecule has 0 heterocycles. The van der Waals surface area contributed by atoms with Gasteiger partial charge in [-0.1, -0.05) is 64.1 Å². The maximum absolute atomic E-state index is 11.1. The van der Waals surface area contributed by atoms with Crippen molar-refractivity contribution in [2.45, 2.75) is 16.9 Å². The number of benzene rings is 1. The molecule has 1 aromatic rings. The summed E-state index contributed by atoms with van der Waals surface area (Å²) in [5, 5.41) is 5.92. The lowest BCUT2D eigenvalue weighted by atomic mass is 10.3. The lowest BCUT2D eigenvalue weighted by molar-refractivity contribution is -0.119. The summed E-state index contributed by atoms with van der Waals surface area (Å²) in [4.78, 5) is 11.1. The van der Waals surface area contributed by atoms with Crippen molar-refractivity contribution >= 4 is 69.6 Å². The van der Waals surface area contributed by atoms with Crippen LogP contribution in [0.15, 0.2) is 18.2 Å². The van der Waals surface area contributed by atoms with E-state index in [9.17, 15) is 4.79 Å². The first kappa shape index (κ1) is 16.0. The van der Waals surface area contributed by atoms with Crippen LogP contribution in [0.5, 0.6) is 0 Å². The van der Waals surface area contributed by atoms with Gasteiger partial charge in [-0.25, -0.2) is 0 Å². The summed E-state index contributed by atoms with van der Waals surface area (Å²) >= 11 is 29.1. The number of rotatable bonds is 3. The number of hydrogen-bond acceptors (Lipinski definition) is 2. The van der Waals surface area contributed by atoms with Crippen molar-refractivity contribution in [3.63, 3.8) is 0 Å². The van der Waals surface area contributed by atoms with Gasteiger partial charge in [-0.15, -0.1) is 0 Å². The second-order valence-electron chi connectivity index (χ2n) is 3.42. The fourth-order valence-corrected chi connectivity index (χ4v) is 1.86. The van der Waals surface area contributed by atoms with Gasteiger partial charge < -0.3 is 10.6 Å². The van der Waals surface area contributed by atoms with Crippen molar-refractivity contribution in [1.29, 1.82) is 0 Å². The molecule has 0 aromatic heterocycles. The van der Waals surface area contributed by atoms with Gasteiger partial charge in [0.15, 0.2) is 0 Å². The Morgan fingerprint density at radius 1 is 1.28 bits per heavy atom. The highest BCUT2D eigenvalue weighted by atomic mass is 35.6. The van der Waals surface area contributed by atoms with Gasteiger partial charge in [-0.3, -0.25) is 4.79 Å². The fraction of sp³-hybridized carbons (Fsp3) is 0.300. The minimum absolute atomic E-state index is 0.281. The molecule has 0 radical (unpaired) electrons. The molecule has 0 saturated carbocycles. The topological polar surface area (TPSA) is 41.1 Å². The summed E-state index contributed by atoms with van der Waals surface area (Å²) < 4.78 is -1.74. The first-order chi connectivity index (χ1) is 8.21. The van der Waals surface area contributed by atoms with E-state index in [1.165, 1.54) is 6.92 Å². The first-order valence-electron chi connectivity index (χ1n) is 4.76. The summed E-state index contributed by atoms with van der Waals surface area (Å²) in [6, 6.07) is 4.96. The molecule has 100 valence electrons. The number of anilines is 1. The van der Waals surface area contributed by atoms with E-state index in [1.54, 1.807) is 18.2 Å². The van der Waals surface area contributed by atoms with Gasteiger partial charge in [-0.05, 0) is 12.1 Å². The van der Waals surface area contributed by atoms with Crippen LogP contribution in [0.2, 0.25) is 10.0 Å². The van der Waals surface area contributed by atoms with Crippen molar-refractivity contribution < 1.29 is 4.79 Å². The van der Waals surface area contributed by atoms with Crippen molar-refractivity contribution in [3.05, 3.63) is 28.2 Å². The van der Waals surface area contributed by atoms with E-state index >= 15 is 0 Å². The second kappa shape index (κ2) is 6.40. The Hall–Kier alpha value is -0.0600. The number of carbonyl (C=O) groups is 1. The Bertz CT molecular complexity index is 446. The van der Waals surface area contributed by atoms with Crippen molar-refractivity contribution in [2.24, 2.45) is 0 Å². The first-order valence-corrected chi connectivity index (χ1v) is 6.65. The molecule has 0 bridgehead atoms. The van der Waals surface area contributed by atoms with Crippen LogP contribution in [-0.4, -0.2) is 15.9 Å². The molecule has 3 nitrogen and oxygen atoms in total. The zero-order valence-corrected chi connectivity index (χ0v) is 12.9. The molecule has 0 aliphatic heterocycles. The summed E-state index contributed by atoms with van der Waals surface area (Å²) in [6.07, 6.45) is -0.934. The molecule has 1 rings (SSSR count). The van der Waals surface area contributed by atoms with E-state index < -0.39 is 9.96 Å². The van der Waals surface area contributed by atoms with E-state index in [0.717, 1.165) is 0 Å². The maximum atomic E-state index is 11.1. The maximum Gasteiger partial charge on any atom is 0.228 e. The van der Waals surface area contributed by atoms with E-state index in [4.69, 9.17) is 58.0 Å². The van der Waals surface area contributed by atoms with Gasteiger partial charge >= 0.3 is 0 Å². The summed E-state index contributed by atoms with van der Waals surface area (Å²) in [6.45, 7) is 1.31. The van der Waals surface area contributed by atoms with Gasteiger partial charge in [0, 0.05) is 6.92 Å². The standard InChI is InChI=1S/C10H9Cl5N2O/c1-5(18)16-9(10(13,14)15)17-7-4-2-3-6(11)8(7)12/h2-4,9,17H,1H3,(H,16,18). The van der Waals surface area contributed by atoms with E-state index in [-0.39, 0.29) is 10.9 Å². The minimum atomic E-state index is -1.74. The highest BCUT2D eigenvalue weighted by molar-refractivity contribution is 6.68. The molecule has 18 heavy (non-hydrogen) atoms. The highest BCUT2D eigenvalue weighted by Crippen LogP contribution is 2.34. The van der Waals surface area contributed by atoms with Crippen LogP contribution >= 0.6 is 58.0 Å². The summed E-state index contributed by atoms with van der Waals surface area (Å²) in [5.41, 5.74) is 0.453. The van der Waals surface area contributed by atoms with Crippen molar-refractivity contribution in [2.75, 3.05) is 5.32 Å². The van der Waals surface area contributed by atoms with Gasteiger partial charge in [-0.2, -0.15) is 0 Å². The second-order valence-corrected chi connectivity index (χ2v) is 6.57. The van der Waals surface area contributed by atoms with Crippen LogP contribution in [0.4, 0.5) is 5.69 Å². The average Bonchev–Trinajstić information content (AvgIpc) is 2.21. The predicted molar refractivity (Wildman–Crippen MR) is 78.0 cm³/mol. The molecule has 0 saturated heterocycles. The Balaban J connectivity index is 2.96. The number of alkyl halides is 3. The number of carbonyl (C=O) groups excluding carboxylic acids is 1. The number of halogens is 5. The molecule has 0 aliphatic rings.